The topological polar surface area (TPSA) is 87.9 Å². The Morgan fingerprint density at radius 3 is 3.00 bits per heavy atom. The maximum Gasteiger partial charge on any atom is 0.328 e. The Morgan fingerprint density at radius 2 is 2.24 bits per heavy atom. The van der Waals surface area contributed by atoms with E-state index in [2.05, 4.69) is 20.9 Å². The van der Waals surface area contributed by atoms with Crippen molar-refractivity contribution in [1.82, 2.24) is 9.55 Å². The van der Waals surface area contributed by atoms with Crippen LogP contribution in [0.15, 0.2) is 32.4 Å². The Hall–Kier alpha value is -2.33. The van der Waals surface area contributed by atoms with E-state index in [-0.39, 0.29) is 12.1 Å². The van der Waals surface area contributed by atoms with Crippen LogP contribution in [0.3, 0.4) is 0 Å². The molecule has 0 amide bonds. The van der Waals surface area contributed by atoms with Gasteiger partial charge in [0.25, 0.3) is 5.56 Å². The summed E-state index contributed by atoms with van der Waals surface area (Å²) in [4.78, 5) is 25.4. The molecule has 7 heteroatoms. The fourth-order valence-electron chi connectivity index (χ4n) is 2.35. The minimum absolute atomic E-state index is 0.0952. The molecule has 2 aromatic rings. The summed E-state index contributed by atoms with van der Waals surface area (Å²) >= 11 is 3.43. The van der Waals surface area contributed by atoms with Crippen molar-refractivity contribution < 1.29 is 4.74 Å². The number of benzene rings is 1. The van der Waals surface area contributed by atoms with Crippen LogP contribution in [0.5, 0.6) is 5.75 Å². The Morgan fingerprint density at radius 1 is 1.43 bits per heavy atom. The lowest BCUT2D eigenvalue weighted by Gasteiger charge is -2.10. The number of H-pyrrole nitrogens is 1. The van der Waals surface area contributed by atoms with Crippen molar-refractivity contribution in [2.24, 2.45) is 0 Å². The molecule has 1 aliphatic rings. The Bertz CT molecular complexity index is 876. The second-order valence-electron chi connectivity index (χ2n) is 4.69. The van der Waals surface area contributed by atoms with Crippen LogP contribution < -0.4 is 16.0 Å². The van der Waals surface area contributed by atoms with E-state index in [1.54, 1.807) is 6.07 Å². The predicted octanol–water partition coefficient (Wildman–Crippen LogP) is 1.15. The molecule has 0 radical (unpaired) electrons. The fourth-order valence-corrected chi connectivity index (χ4v) is 2.91. The van der Waals surface area contributed by atoms with E-state index in [1.165, 1.54) is 10.8 Å². The number of hydrogen-bond acceptors (Lipinski definition) is 4. The molecule has 2 heterocycles. The number of aromatic amines is 1. The Balaban J connectivity index is 2.08. The monoisotopic (exact) mass is 347 g/mol. The van der Waals surface area contributed by atoms with E-state index in [0.29, 0.717) is 6.61 Å². The van der Waals surface area contributed by atoms with E-state index >= 15 is 0 Å². The SMILES string of the molecule is N#Cc1cn(Cc2cc(Br)cc3c2OCC3)c(=O)[nH]c1=O. The minimum Gasteiger partial charge on any atom is -0.493 e. The third-order valence-electron chi connectivity index (χ3n) is 3.30. The lowest BCUT2D eigenvalue weighted by Crippen LogP contribution is -2.31. The highest BCUT2D eigenvalue weighted by Crippen LogP contribution is 2.33. The van der Waals surface area contributed by atoms with Crippen molar-refractivity contribution in [3.8, 4) is 11.8 Å². The van der Waals surface area contributed by atoms with Gasteiger partial charge < -0.3 is 4.74 Å². The maximum atomic E-state index is 11.8. The van der Waals surface area contributed by atoms with Gasteiger partial charge in [-0.25, -0.2) is 4.79 Å². The third kappa shape index (κ3) is 2.50. The van der Waals surface area contributed by atoms with Crippen LogP contribution in [0.2, 0.25) is 0 Å². The van der Waals surface area contributed by atoms with Gasteiger partial charge in [0, 0.05) is 22.7 Å². The number of aromatic nitrogens is 2. The predicted molar refractivity (Wildman–Crippen MR) is 78.5 cm³/mol. The van der Waals surface area contributed by atoms with E-state index in [4.69, 9.17) is 10.00 Å². The molecule has 1 aliphatic heterocycles. The number of nitrogens with zero attached hydrogens (tertiary/aromatic N) is 2. The number of nitrogens with one attached hydrogen (secondary N) is 1. The summed E-state index contributed by atoms with van der Waals surface area (Å²) in [6.07, 6.45) is 2.09. The van der Waals surface area contributed by atoms with Gasteiger partial charge >= 0.3 is 5.69 Å². The van der Waals surface area contributed by atoms with Gasteiger partial charge in [-0.05, 0) is 17.7 Å². The van der Waals surface area contributed by atoms with Crippen LogP contribution in [0.4, 0.5) is 0 Å². The van der Waals surface area contributed by atoms with Crippen LogP contribution in [0.1, 0.15) is 16.7 Å². The third-order valence-corrected chi connectivity index (χ3v) is 3.76. The summed E-state index contributed by atoms with van der Waals surface area (Å²) in [5.41, 5.74) is 0.592. The second kappa shape index (κ2) is 5.22. The molecule has 6 nitrogen and oxygen atoms in total. The van der Waals surface area contributed by atoms with Crippen molar-refractivity contribution >= 4 is 15.9 Å². The number of rotatable bonds is 2. The summed E-state index contributed by atoms with van der Waals surface area (Å²) in [6.45, 7) is 0.842. The zero-order chi connectivity index (χ0) is 15.0. The first-order valence-corrected chi connectivity index (χ1v) is 7.06. The first-order valence-electron chi connectivity index (χ1n) is 6.26. The van der Waals surface area contributed by atoms with Gasteiger partial charge in [-0.1, -0.05) is 15.9 Å². The van der Waals surface area contributed by atoms with E-state index in [9.17, 15) is 9.59 Å². The molecule has 21 heavy (non-hydrogen) atoms. The number of fused-ring (bicyclic) bond motifs is 1. The van der Waals surface area contributed by atoms with Crippen LogP contribution in [0.25, 0.3) is 0 Å². The average Bonchev–Trinajstić information content (AvgIpc) is 2.89. The van der Waals surface area contributed by atoms with E-state index in [1.807, 2.05) is 12.1 Å². The van der Waals surface area contributed by atoms with Gasteiger partial charge in [0.1, 0.15) is 17.4 Å². The molecular weight excluding hydrogens is 338 g/mol. The Kier molecular flexibility index (Phi) is 3.39. The number of halogens is 1. The first-order chi connectivity index (χ1) is 10.1. The molecule has 0 unspecified atom stereocenters. The summed E-state index contributed by atoms with van der Waals surface area (Å²) in [7, 11) is 0. The molecule has 0 atom stereocenters. The van der Waals surface area contributed by atoms with Crippen molar-refractivity contribution in [3.63, 3.8) is 0 Å². The molecular formula is C14H10BrN3O3. The highest BCUT2D eigenvalue weighted by atomic mass is 79.9. The lowest BCUT2D eigenvalue weighted by molar-refractivity contribution is 0.352. The molecule has 0 bridgehead atoms. The van der Waals surface area contributed by atoms with Gasteiger partial charge in [-0.2, -0.15) is 5.26 Å². The van der Waals surface area contributed by atoms with Gasteiger partial charge in [0.05, 0.1) is 13.2 Å². The average molecular weight is 348 g/mol. The lowest BCUT2D eigenvalue weighted by atomic mass is 10.1. The zero-order valence-electron chi connectivity index (χ0n) is 10.9. The highest BCUT2D eigenvalue weighted by Gasteiger charge is 2.18. The van der Waals surface area contributed by atoms with E-state index in [0.717, 1.165) is 27.8 Å². The maximum absolute atomic E-state index is 11.8. The molecule has 1 aromatic heterocycles. The molecule has 0 fully saturated rings. The molecule has 0 saturated heterocycles. The van der Waals surface area contributed by atoms with Crippen molar-refractivity contribution in [2.75, 3.05) is 6.61 Å². The van der Waals surface area contributed by atoms with Gasteiger partial charge in [-0.15, -0.1) is 0 Å². The quantitative estimate of drug-likeness (QED) is 0.882. The summed E-state index contributed by atoms with van der Waals surface area (Å²) < 4.78 is 7.80. The normalized spacial score (nSPS) is 12.6. The summed E-state index contributed by atoms with van der Waals surface area (Å²) in [5, 5.41) is 8.88. The molecule has 3 rings (SSSR count). The molecule has 106 valence electrons. The van der Waals surface area contributed by atoms with Crippen LogP contribution in [-0.4, -0.2) is 16.2 Å². The van der Waals surface area contributed by atoms with Crippen LogP contribution >= 0.6 is 15.9 Å². The molecule has 0 spiro atoms. The first kappa shape index (κ1) is 13.6. The summed E-state index contributed by atoms with van der Waals surface area (Å²) in [6, 6.07) is 5.63. The second-order valence-corrected chi connectivity index (χ2v) is 5.61. The zero-order valence-corrected chi connectivity index (χ0v) is 12.4. The van der Waals surface area contributed by atoms with Gasteiger partial charge in [-0.3, -0.25) is 14.3 Å². The van der Waals surface area contributed by atoms with Crippen LogP contribution in [0, 0.1) is 11.3 Å². The fraction of sp³-hybridized carbons (Fsp3) is 0.214. The number of nitriles is 1. The number of hydrogen-bond donors (Lipinski definition) is 1. The van der Waals surface area contributed by atoms with Crippen molar-refractivity contribution in [2.45, 2.75) is 13.0 Å². The highest BCUT2D eigenvalue weighted by molar-refractivity contribution is 9.10. The standard InChI is InChI=1S/C14H10BrN3O3/c15-11-3-8-1-2-21-12(8)9(4-11)6-18-7-10(5-16)13(19)17-14(18)20/h3-4,7H,1-2,6H2,(H,17,19,20). The Labute approximate surface area is 127 Å². The molecule has 1 aromatic carbocycles. The smallest absolute Gasteiger partial charge is 0.328 e. The summed E-state index contributed by atoms with van der Waals surface area (Å²) in [5.74, 6) is 0.773. The molecule has 0 aliphatic carbocycles. The van der Waals surface area contributed by atoms with Gasteiger partial charge in [0.2, 0.25) is 0 Å². The van der Waals surface area contributed by atoms with Gasteiger partial charge in [0.15, 0.2) is 0 Å². The van der Waals surface area contributed by atoms with Crippen LogP contribution in [-0.2, 0) is 13.0 Å². The number of ether oxygens (including phenoxy) is 1. The minimum atomic E-state index is -0.672. The van der Waals surface area contributed by atoms with E-state index < -0.39 is 11.2 Å². The molecule has 1 N–H and O–H groups in total. The van der Waals surface area contributed by atoms with Crippen molar-refractivity contribution in [1.29, 1.82) is 5.26 Å². The van der Waals surface area contributed by atoms with Crippen molar-refractivity contribution in [3.05, 3.63) is 60.3 Å². The largest absolute Gasteiger partial charge is 0.493 e. The molecule has 0 saturated carbocycles.